The Hall–Kier alpha value is -3.96. The minimum Gasteiger partial charge on any atom is -0.497 e. The molecule has 0 saturated carbocycles. The molecule has 3 aromatic carbocycles. The smallest absolute Gasteiger partial charge is 0.350 e. The maximum Gasteiger partial charge on any atom is 0.350 e. The van der Waals surface area contributed by atoms with Crippen LogP contribution in [0.3, 0.4) is 0 Å². The van der Waals surface area contributed by atoms with E-state index in [4.69, 9.17) is 28.6 Å². The minimum absolute atomic E-state index is 0.0493. The third-order valence-corrected chi connectivity index (χ3v) is 15.1. The van der Waals surface area contributed by atoms with Crippen LogP contribution in [0, 0.1) is 11.3 Å². The maximum atomic E-state index is 13.5. The van der Waals surface area contributed by atoms with E-state index >= 15 is 0 Å². The summed E-state index contributed by atoms with van der Waals surface area (Å²) in [4.78, 5) is 17.7. The highest BCUT2D eigenvalue weighted by Gasteiger charge is 2.51. The molecule has 270 valence electrons. The molecule has 0 unspecified atom stereocenters. The zero-order valence-corrected chi connectivity index (χ0v) is 32.1. The van der Waals surface area contributed by atoms with E-state index in [-0.39, 0.29) is 11.6 Å². The van der Waals surface area contributed by atoms with Gasteiger partial charge in [0.2, 0.25) is 0 Å². The lowest BCUT2D eigenvalue weighted by atomic mass is 9.80. The number of ether oxygens (including phenoxy) is 4. The summed E-state index contributed by atoms with van der Waals surface area (Å²) in [5, 5.41) is 21.3. The summed E-state index contributed by atoms with van der Waals surface area (Å²) in [6, 6.07) is 29.2. The molecular weight excluding hydrogens is 683 g/mol. The number of nitrogens with zero attached hydrogens (tertiary/aromatic N) is 3. The van der Waals surface area contributed by atoms with Crippen molar-refractivity contribution in [2.45, 2.75) is 80.5 Å². The summed E-state index contributed by atoms with van der Waals surface area (Å²) in [5.74, 6) is 1.92. The van der Waals surface area contributed by atoms with Gasteiger partial charge in [0.05, 0.1) is 26.9 Å². The van der Waals surface area contributed by atoms with E-state index in [0.717, 1.165) is 16.7 Å². The van der Waals surface area contributed by atoms with Crippen molar-refractivity contribution in [3.63, 3.8) is 0 Å². The second-order valence-corrected chi connectivity index (χ2v) is 19.8. The van der Waals surface area contributed by atoms with Crippen LogP contribution in [0.4, 0.5) is 0 Å². The van der Waals surface area contributed by atoms with Crippen LogP contribution in [0.1, 0.15) is 50.1 Å². The molecule has 0 bridgehead atoms. The number of hydrogen-bond acceptors (Lipinski definition) is 10. The zero-order valence-electron chi connectivity index (χ0n) is 30.2. The quantitative estimate of drug-likeness (QED) is 0.0481. The van der Waals surface area contributed by atoms with Crippen molar-refractivity contribution < 1.29 is 28.5 Å². The van der Waals surface area contributed by atoms with Crippen molar-refractivity contribution in [2.24, 2.45) is 0 Å². The molecule has 1 aliphatic rings. The highest BCUT2D eigenvalue weighted by molar-refractivity contribution is 7.99. The second kappa shape index (κ2) is 16.2. The standard InChI is InChI=1S/C39H47N3O7SSi/c1-38(2,3)51(6,7)49-35-34(43)32(48-36(35)42-24-22-33(41-37(42)44)50-25-11-23-40)26-47-39(27-12-9-8-10-13-27,28-14-18-30(45-4)19-15-28)29-16-20-31(46-5)21-17-29/h8-10,12-22,24,32,34-36,43H,11,25-26H2,1-7H3/t32-,34-,35+,36-/m1/s1. The second-order valence-electron chi connectivity index (χ2n) is 13.9. The zero-order chi connectivity index (χ0) is 36.8. The monoisotopic (exact) mass is 729 g/mol. The van der Waals surface area contributed by atoms with Gasteiger partial charge in [0.25, 0.3) is 0 Å². The number of benzene rings is 3. The summed E-state index contributed by atoms with van der Waals surface area (Å²) in [5.41, 5.74) is 0.862. The van der Waals surface area contributed by atoms with Crippen LogP contribution < -0.4 is 15.2 Å². The van der Waals surface area contributed by atoms with E-state index in [1.807, 2.05) is 78.9 Å². The lowest BCUT2D eigenvalue weighted by Gasteiger charge is -2.40. The molecule has 2 heterocycles. The first-order chi connectivity index (χ1) is 24.3. The van der Waals surface area contributed by atoms with Gasteiger partial charge in [-0.3, -0.25) is 4.57 Å². The third kappa shape index (κ3) is 8.25. The molecule has 0 radical (unpaired) electrons. The molecule has 1 saturated heterocycles. The molecule has 1 N–H and O–H groups in total. The Morgan fingerprint density at radius 1 is 0.922 bits per heavy atom. The lowest BCUT2D eigenvalue weighted by Crippen LogP contribution is -2.49. The third-order valence-electron chi connectivity index (χ3n) is 9.73. The molecule has 0 spiro atoms. The molecular formula is C39H47N3O7SSi. The molecule has 4 atom stereocenters. The van der Waals surface area contributed by atoms with E-state index in [0.29, 0.717) is 28.7 Å². The first kappa shape index (κ1) is 38.3. The molecule has 1 aliphatic heterocycles. The molecule has 10 nitrogen and oxygen atoms in total. The van der Waals surface area contributed by atoms with Gasteiger partial charge in [0, 0.05) is 18.4 Å². The highest BCUT2D eigenvalue weighted by Crippen LogP contribution is 2.45. The maximum absolute atomic E-state index is 13.5. The molecule has 12 heteroatoms. The summed E-state index contributed by atoms with van der Waals surface area (Å²) in [6.45, 7) is 10.5. The van der Waals surface area contributed by atoms with Crippen LogP contribution in [0.2, 0.25) is 18.1 Å². The van der Waals surface area contributed by atoms with Crippen molar-refractivity contribution >= 4 is 20.1 Å². The Labute approximate surface area is 305 Å². The van der Waals surface area contributed by atoms with Gasteiger partial charge in [-0.05, 0) is 65.2 Å². The SMILES string of the molecule is COc1ccc(C(OC[C@H]2O[C@@H](n3ccc(SCCC#N)nc3=O)[C@@H](O[Si](C)(C)C(C)(C)C)[C@@H]2O)(c2ccccc2)c2ccc(OC)cc2)cc1. The van der Waals surface area contributed by atoms with Crippen LogP contribution in [-0.2, 0) is 19.5 Å². The summed E-state index contributed by atoms with van der Waals surface area (Å²) >= 11 is 1.34. The summed E-state index contributed by atoms with van der Waals surface area (Å²) in [6.07, 6.45) is -1.88. The van der Waals surface area contributed by atoms with Gasteiger partial charge >= 0.3 is 5.69 Å². The van der Waals surface area contributed by atoms with Gasteiger partial charge in [0.15, 0.2) is 14.5 Å². The Balaban J connectivity index is 1.56. The topological polar surface area (TPSA) is 125 Å². The fourth-order valence-corrected chi connectivity index (χ4v) is 7.87. The molecule has 0 amide bonds. The van der Waals surface area contributed by atoms with Gasteiger partial charge in [-0.25, -0.2) is 4.79 Å². The van der Waals surface area contributed by atoms with Crippen LogP contribution in [0.25, 0.3) is 0 Å². The van der Waals surface area contributed by atoms with Gasteiger partial charge in [-0.1, -0.05) is 75.4 Å². The van der Waals surface area contributed by atoms with Gasteiger partial charge in [-0.15, -0.1) is 11.8 Å². The van der Waals surface area contributed by atoms with Crippen molar-refractivity contribution in [3.05, 3.63) is 118 Å². The average Bonchev–Trinajstić information content (AvgIpc) is 3.42. The van der Waals surface area contributed by atoms with E-state index in [9.17, 15) is 9.90 Å². The van der Waals surface area contributed by atoms with E-state index < -0.39 is 44.1 Å². The first-order valence-corrected chi connectivity index (χ1v) is 20.8. The van der Waals surface area contributed by atoms with Crippen molar-refractivity contribution in [2.75, 3.05) is 26.6 Å². The Morgan fingerprint density at radius 3 is 2.00 bits per heavy atom. The molecule has 1 aromatic heterocycles. The number of nitriles is 1. The number of hydrogen-bond donors (Lipinski definition) is 1. The Morgan fingerprint density at radius 2 is 1.49 bits per heavy atom. The van der Waals surface area contributed by atoms with Gasteiger partial charge < -0.3 is 28.5 Å². The predicted molar refractivity (Wildman–Crippen MR) is 200 cm³/mol. The Bertz CT molecular complexity index is 1790. The fourth-order valence-electron chi connectivity index (χ4n) is 5.88. The normalized spacial score (nSPS) is 19.4. The van der Waals surface area contributed by atoms with Crippen LogP contribution in [0.5, 0.6) is 11.5 Å². The van der Waals surface area contributed by atoms with E-state index in [2.05, 4.69) is 44.9 Å². The number of aromatic nitrogens is 2. The molecule has 1 fully saturated rings. The van der Waals surface area contributed by atoms with Crippen molar-refractivity contribution in [3.8, 4) is 17.6 Å². The first-order valence-electron chi connectivity index (χ1n) is 16.9. The lowest BCUT2D eigenvalue weighted by molar-refractivity contribution is -0.0957. The molecule has 4 aromatic rings. The predicted octanol–water partition coefficient (Wildman–Crippen LogP) is 6.92. The number of aliphatic hydroxyl groups excluding tert-OH is 1. The van der Waals surface area contributed by atoms with Gasteiger partial charge in [0.1, 0.15) is 40.4 Å². The van der Waals surface area contributed by atoms with Crippen molar-refractivity contribution in [1.82, 2.24) is 9.55 Å². The average molecular weight is 730 g/mol. The molecule has 0 aliphatic carbocycles. The summed E-state index contributed by atoms with van der Waals surface area (Å²) in [7, 11) is 0.771. The number of methoxy groups -OCH3 is 2. The van der Waals surface area contributed by atoms with E-state index in [1.165, 1.54) is 16.3 Å². The largest absolute Gasteiger partial charge is 0.497 e. The molecule has 5 rings (SSSR count). The molecule has 51 heavy (non-hydrogen) atoms. The number of aliphatic hydroxyl groups is 1. The van der Waals surface area contributed by atoms with Crippen LogP contribution in [0.15, 0.2) is 101 Å². The highest BCUT2D eigenvalue weighted by atomic mass is 32.2. The van der Waals surface area contributed by atoms with Crippen LogP contribution >= 0.6 is 11.8 Å². The van der Waals surface area contributed by atoms with Crippen LogP contribution in [-0.4, -0.2) is 67.9 Å². The fraction of sp³-hybridized carbons (Fsp3) is 0.410. The van der Waals surface area contributed by atoms with E-state index in [1.54, 1.807) is 26.5 Å². The number of rotatable bonds is 14. The minimum atomic E-state index is -2.48. The Kier molecular flexibility index (Phi) is 12.1. The van der Waals surface area contributed by atoms with Crippen molar-refractivity contribution in [1.29, 1.82) is 5.26 Å². The number of thioether (sulfide) groups is 1. The van der Waals surface area contributed by atoms with Gasteiger partial charge in [-0.2, -0.15) is 10.2 Å². The summed E-state index contributed by atoms with van der Waals surface area (Å²) < 4.78 is 32.8.